The molecule has 5 nitrogen and oxygen atoms in total. The Bertz CT molecular complexity index is 683. The van der Waals surface area contributed by atoms with Crippen LogP contribution in [-0.4, -0.2) is 40.1 Å². The maximum atomic E-state index is 12.8. The lowest BCUT2D eigenvalue weighted by molar-refractivity contribution is 0.0654. The molecule has 2 atom stereocenters. The number of hydrogen-bond acceptors (Lipinski definition) is 3. The van der Waals surface area contributed by atoms with E-state index in [-0.39, 0.29) is 11.9 Å². The number of nitrogens with one attached hydrogen (secondary N) is 1. The first kappa shape index (κ1) is 16.2. The van der Waals surface area contributed by atoms with Gasteiger partial charge in [0.2, 0.25) is 0 Å². The van der Waals surface area contributed by atoms with E-state index in [4.69, 9.17) is 5.73 Å². The Morgan fingerprint density at radius 2 is 2.17 bits per heavy atom. The minimum atomic E-state index is -0.0168. The molecule has 2 aromatic rings. The lowest BCUT2D eigenvalue weighted by Crippen LogP contribution is -2.45. The topological polar surface area (TPSA) is 75.0 Å². The normalized spacial score (nSPS) is 19.6. The standard InChI is InChI=1S/C17H21BrN4O/c1-11(19)13-8-5-9-22(10-13)17(23)16-14(18)15(20-21-16)12-6-3-2-4-7-12/h2-4,6-7,11,13H,5,8-10,19H2,1H3,(H,20,21). The molecule has 3 rings (SSSR count). The minimum absolute atomic E-state index is 0.0168. The second-order valence-electron chi connectivity index (χ2n) is 6.14. The summed E-state index contributed by atoms with van der Waals surface area (Å²) >= 11 is 3.53. The number of hydrogen-bond donors (Lipinski definition) is 2. The van der Waals surface area contributed by atoms with Crippen molar-refractivity contribution in [3.05, 3.63) is 40.5 Å². The maximum absolute atomic E-state index is 12.8. The molecule has 122 valence electrons. The third-order valence-corrected chi connectivity index (χ3v) is 5.23. The van der Waals surface area contributed by atoms with Gasteiger partial charge in [0.05, 0.1) is 4.47 Å². The van der Waals surface area contributed by atoms with Gasteiger partial charge in [-0.1, -0.05) is 30.3 Å². The molecular formula is C17H21BrN4O. The number of carbonyl (C=O) groups excluding carboxylic acids is 1. The molecule has 1 fully saturated rings. The van der Waals surface area contributed by atoms with E-state index in [1.807, 2.05) is 42.2 Å². The number of aromatic amines is 1. The van der Waals surface area contributed by atoms with E-state index in [0.717, 1.165) is 35.1 Å². The fourth-order valence-electron chi connectivity index (χ4n) is 3.04. The lowest BCUT2D eigenvalue weighted by atomic mass is 9.92. The maximum Gasteiger partial charge on any atom is 0.273 e. The molecule has 0 saturated carbocycles. The molecule has 1 aromatic carbocycles. The summed E-state index contributed by atoms with van der Waals surface area (Å²) in [7, 11) is 0. The first-order valence-corrected chi connectivity index (χ1v) is 8.71. The lowest BCUT2D eigenvalue weighted by Gasteiger charge is -2.34. The molecule has 23 heavy (non-hydrogen) atoms. The van der Waals surface area contributed by atoms with E-state index in [1.165, 1.54) is 0 Å². The Labute approximate surface area is 144 Å². The predicted molar refractivity (Wildman–Crippen MR) is 94.0 cm³/mol. The van der Waals surface area contributed by atoms with Gasteiger partial charge in [-0.2, -0.15) is 5.10 Å². The molecule has 6 heteroatoms. The van der Waals surface area contributed by atoms with Gasteiger partial charge in [0, 0.05) is 24.7 Å². The third-order valence-electron chi connectivity index (χ3n) is 4.46. The van der Waals surface area contributed by atoms with Gasteiger partial charge in [-0.15, -0.1) is 0 Å². The van der Waals surface area contributed by atoms with Crippen molar-refractivity contribution in [3.63, 3.8) is 0 Å². The Balaban J connectivity index is 1.82. The van der Waals surface area contributed by atoms with Crippen LogP contribution in [0.3, 0.4) is 0 Å². The number of halogens is 1. The molecule has 1 amide bonds. The van der Waals surface area contributed by atoms with Gasteiger partial charge in [-0.05, 0) is 41.6 Å². The molecule has 2 heterocycles. The van der Waals surface area contributed by atoms with Gasteiger partial charge in [0.15, 0.2) is 0 Å². The molecule has 1 saturated heterocycles. The minimum Gasteiger partial charge on any atom is -0.337 e. The first-order chi connectivity index (χ1) is 11.1. The number of nitrogens with zero attached hydrogens (tertiary/aromatic N) is 2. The van der Waals surface area contributed by atoms with Crippen molar-refractivity contribution in [2.24, 2.45) is 11.7 Å². The van der Waals surface area contributed by atoms with Gasteiger partial charge in [0.1, 0.15) is 11.4 Å². The molecule has 0 bridgehead atoms. The van der Waals surface area contributed by atoms with Crippen LogP contribution in [0.15, 0.2) is 34.8 Å². The van der Waals surface area contributed by atoms with E-state index in [1.54, 1.807) is 0 Å². The van der Waals surface area contributed by atoms with Gasteiger partial charge < -0.3 is 10.6 Å². The molecule has 0 spiro atoms. The number of H-pyrrole nitrogens is 1. The van der Waals surface area contributed by atoms with Gasteiger partial charge >= 0.3 is 0 Å². The highest BCUT2D eigenvalue weighted by Gasteiger charge is 2.29. The van der Waals surface area contributed by atoms with Gasteiger partial charge in [0.25, 0.3) is 5.91 Å². The summed E-state index contributed by atoms with van der Waals surface area (Å²) < 4.78 is 0.719. The van der Waals surface area contributed by atoms with Crippen molar-refractivity contribution in [1.82, 2.24) is 15.1 Å². The predicted octanol–water partition coefficient (Wildman–Crippen LogP) is 3.04. The summed E-state index contributed by atoms with van der Waals surface area (Å²) in [6, 6.07) is 9.92. The number of aromatic nitrogens is 2. The number of likely N-dealkylation sites (tertiary alicyclic amines) is 1. The Hall–Kier alpha value is -1.66. The monoisotopic (exact) mass is 376 g/mol. The molecular weight excluding hydrogens is 356 g/mol. The molecule has 1 aliphatic rings. The highest BCUT2D eigenvalue weighted by molar-refractivity contribution is 9.10. The van der Waals surface area contributed by atoms with Gasteiger partial charge in [-0.3, -0.25) is 9.89 Å². The molecule has 3 N–H and O–H groups in total. The van der Waals surface area contributed by atoms with Crippen LogP contribution in [0.1, 0.15) is 30.3 Å². The van der Waals surface area contributed by atoms with E-state index in [9.17, 15) is 4.79 Å². The van der Waals surface area contributed by atoms with E-state index in [2.05, 4.69) is 26.1 Å². The summed E-state index contributed by atoms with van der Waals surface area (Å²) in [6.07, 6.45) is 2.08. The van der Waals surface area contributed by atoms with Crippen LogP contribution < -0.4 is 5.73 Å². The second kappa shape index (κ2) is 6.84. The zero-order chi connectivity index (χ0) is 16.4. The van der Waals surface area contributed by atoms with E-state index >= 15 is 0 Å². The van der Waals surface area contributed by atoms with Crippen molar-refractivity contribution in [3.8, 4) is 11.3 Å². The smallest absolute Gasteiger partial charge is 0.273 e. The number of carbonyl (C=O) groups is 1. The van der Waals surface area contributed by atoms with Crippen molar-refractivity contribution >= 4 is 21.8 Å². The van der Waals surface area contributed by atoms with Crippen LogP contribution in [0.4, 0.5) is 0 Å². The van der Waals surface area contributed by atoms with Crippen molar-refractivity contribution in [2.75, 3.05) is 13.1 Å². The Morgan fingerprint density at radius 3 is 2.87 bits per heavy atom. The molecule has 1 aliphatic heterocycles. The van der Waals surface area contributed by atoms with Crippen molar-refractivity contribution < 1.29 is 4.79 Å². The van der Waals surface area contributed by atoms with Crippen LogP contribution in [-0.2, 0) is 0 Å². The average Bonchev–Trinajstić information content (AvgIpc) is 2.96. The number of piperidine rings is 1. The highest BCUT2D eigenvalue weighted by atomic mass is 79.9. The Kier molecular flexibility index (Phi) is 4.82. The molecule has 0 radical (unpaired) electrons. The summed E-state index contributed by atoms with van der Waals surface area (Å²) in [6.45, 7) is 3.50. The van der Waals surface area contributed by atoms with E-state index < -0.39 is 0 Å². The fraction of sp³-hybridized carbons (Fsp3) is 0.412. The van der Waals surface area contributed by atoms with Crippen LogP contribution in [0.5, 0.6) is 0 Å². The SMILES string of the molecule is CC(N)C1CCCN(C(=O)c2[nH]nc(-c3ccccc3)c2Br)C1. The van der Waals surface area contributed by atoms with Crippen LogP contribution in [0, 0.1) is 5.92 Å². The number of rotatable bonds is 3. The summed E-state index contributed by atoms with van der Waals surface area (Å²) in [5.74, 6) is 0.347. The largest absolute Gasteiger partial charge is 0.337 e. The zero-order valence-corrected chi connectivity index (χ0v) is 14.7. The van der Waals surface area contributed by atoms with Crippen molar-refractivity contribution in [1.29, 1.82) is 0 Å². The first-order valence-electron chi connectivity index (χ1n) is 7.92. The summed E-state index contributed by atoms with van der Waals surface area (Å²) in [5.41, 5.74) is 8.25. The number of nitrogens with two attached hydrogens (primary N) is 1. The summed E-state index contributed by atoms with van der Waals surface area (Å²) in [4.78, 5) is 14.7. The number of benzene rings is 1. The number of amides is 1. The quantitative estimate of drug-likeness (QED) is 0.864. The molecule has 1 aromatic heterocycles. The van der Waals surface area contributed by atoms with Crippen LogP contribution in [0.2, 0.25) is 0 Å². The molecule has 2 unspecified atom stereocenters. The third kappa shape index (κ3) is 3.33. The fourth-order valence-corrected chi connectivity index (χ4v) is 3.61. The second-order valence-corrected chi connectivity index (χ2v) is 6.93. The van der Waals surface area contributed by atoms with Crippen LogP contribution in [0.25, 0.3) is 11.3 Å². The summed E-state index contributed by atoms with van der Waals surface area (Å²) in [5, 5.41) is 7.21. The van der Waals surface area contributed by atoms with Gasteiger partial charge in [-0.25, -0.2) is 0 Å². The van der Waals surface area contributed by atoms with Crippen LogP contribution >= 0.6 is 15.9 Å². The van der Waals surface area contributed by atoms with Crippen molar-refractivity contribution in [2.45, 2.75) is 25.8 Å². The van der Waals surface area contributed by atoms with E-state index in [0.29, 0.717) is 18.2 Å². The Morgan fingerprint density at radius 1 is 1.43 bits per heavy atom. The molecule has 0 aliphatic carbocycles. The highest BCUT2D eigenvalue weighted by Crippen LogP contribution is 2.30. The average molecular weight is 377 g/mol. The zero-order valence-electron chi connectivity index (χ0n) is 13.1.